The van der Waals surface area contributed by atoms with Crippen LogP contribution in [0.4, 0.5) is 8.78 Å². The Kier molecular flexibility index (Phi) is 4.97. The molecule has 0 radical (unpaired) electrons. The van der Waals surface area contributed by atoms with Crippen molar-refractivity contribution >= 4 is 0 Å². The van der Waals surface area contributed by atoms with E-state index in [0.717, 1.165) is 12.0 Å². The molecular weight excluding hydrogens is 260 g/mol. The molecule has 1 aliphatic rings. The van der Waals surface area contributed by atoms with E-state index >= 15 is 0 Å². The first-order chi connectivity index (χ1) is 9.49. The zero-order chi connectivity index (χ0) is 14.7. The standard InChI is InChI=1S/C16H23F2NO/c1-10-8-9-14(11(10)2)19-12(3)13-6-4-5-7-15(13)20-16(17)18/h4-7,10-12,14,16,19H,8-9H2,1-3H3. The first kappa shape index (κ1) is 15.2. The number of benzene rings is 1. The van der Waals surface area contributed by atoms with Crippen LogP contribution in [-0.4, -0.2) is 12.7 Å². The summed E-state index contributed by atoms with van der Waals surface area (Å²) in [6, 6.07) is 7.46. The number of halogens is 2. The van der Waals surface area contributed by atoms with Crippen LogP contribution in [-0.2, 0) is 0 Å². The molecule has 1 saturated carbocycles. The molecule has 1 aromatic carbocycles. The molecule has 4 atom stereocenters. The van der Waals surface area contributed by atoms with Gasteiger partial charge in [-0.05, 0) is 37.7 Å². The number of alkyl halides is 2. The van der Waals surface area contributed by atoms with Crippen molar-refractivity contribution in [3.8, 4) is 5.75 Å². The number of hydrogen-bond acceptors (Lipinski definition) is 2. The molecule has 1 N–H and O–H groups in total. The Bertz CT molecular complexity index is 438. The fourth-order valence-electron chi connectivity index (χ4n) is 3.05. The van der Waals surface area contributed by atoms with Gasteiger partial charge in [0.15, 0.2) is 0 Å². The van der Waals surface area contributed by atoms with Crippen LogP contribution >= 0.6 is 0 Å². The molecule has 2 nitrogen and oxygen atoms in total. The van der Waals surface area contributed by atoms with Gasteiger partial charge in [0.2, 0.25) is 0 Å². The molecule has 0 amide bonds. The second-order valence-electron chi connectivity index (χ2n) is 5.82. The van der Waals surface area contributed by atoms with Gasteiger partial charge in [-0.15, -0.1) is 0 Å². The van der Waals surface area contributed by atoms with Crippen LogP contribution < -0.4 is 10.1 Å². The summed E-state index contributed by atoms with van der Waals surface area (Å²) in [5.74, 6) is 1.59. The highest BCUT2D eigenvalue weighted by molar-refractivity contribution is 5.35. The lowest BCUT2D eigenvalue weighted by Gasteiger charge is -2.25. The summed E-state index contributed by atoms with van der Waals surface area (Å²) in [6.07, 6.45) is 2.37. The van der Waals surface area contributed by atoms with E-state index in [2.05, 4.69) is 23.9 Å². The highest BCUT2D eigenvalue weighted by Crippen LogP contribution is 2.34. The first-order valence-electron chi connectivity index (χ1n) is 7.28. The van der Waals surface area contributed by atoms with Gasteiger partial charge in [-0.3, -0.25) is 0 Å². The molecule has 4 heteroatoms. The Labute approximate surface area is 119 Å². The third-order valence-electron chi connectivity index (χ3n) is 4.53. The Morgan fingerprint density at radius 3 is 2.50 bits per heavy atom. The Hall–Kier alpha value is -1.16. The number of hydrogen-bond donors (Lipinski definition) is 1. The fourth-order valence-corrected chi connectivity index (χ4v) is 3.05. The lowest BCUT2D eigenvalue weighted by atomic mass is 9.96. The minimum atomic E-state index is -2.78. The van der Waals surface area contributed by atoms with Gasteiger partial charge in [0.05, 0.1) is 0 Å². The normalized spacial score (nSPS) is 27.8. The van der Waals surface area contributed by atoms with E-state index in [4.69, 9.17) is 0 Å². The van der Waals surface area contributed by atoms with Crippen molar-refractivity contribution in [1.82, 2.24) is 5.32 Å². The maximum absolute atomic E-state index is 12.4. The van der Waals surface area contributed by atoms with Crippen molar-refractivity contribution in [3.63, 3.8) is 0 Å². The lowest BCUT2D eigenvalue weighted by Crippen LogP contribution is -2.34. The highest BCUT2D eigenvalue weighted by Gasteiger charge is 2.31. The molecule has 0 saturated heterocycles. The van der Waals surface area contributed by atoms with Crippen molar-refractivity contribution < 1.29 is 13.5 Å². The molecule has 1 aliphatic carbocycles. The minimum absolute atomic E-state index is 0.00250. The summed E-state index contributed by atoms with van der Waals surface area (Å²) in [5.41, 5.74) is 0.791. The van der Waals surface area contributed by atoms with Gasteiger partial charge in [-0.25, -0.2) is 0 Å². The molecule has 0 aliphatic heterocycles. The van der Waals surface area contributed by atoms with Crippen LogP contribution in [0.1, 0.15) is 45.2 Å². The maximum Gasteiger partial charge on any atom is 0.387 e. The quantitative estimate of drug-likeness (QED) is 0.866. The molecule has 0 aromatic heterocycles. The molecule has 20 heavy (non-hydrogen) atoms. The van der Waals surface area contributed by atoms with Crippen LogP contribution in [0.2, 0.25) is 0 Å². The summed E-state index contributed by atoms with van der Waals surface area (Å²) in [7, 11) is 0. The molecule has 1 fully saturated rings. The van der Waals surface area contributed by atoms with Crippen molar-refractivity contribution in [1.29, 1.82) is 0 Å². The largest absolute Gasteiger partial charge is 0.434 e. The van der Waals surface area contributed by atoms with Gasteiger partial charge >= 0.3 is 6.61 Å². The maximum atomic E-state index is 12.4. The fraction of sp³-hybridized carbons (Fsp3) is 0.625. The second-order valence-corrected chi connectivity index (χ2v) is 5.82. The summed E-state index contributed by atoms with van der Waals surface area (Å²) in [4.78, 5) is 0. The van der Waals surface area contributed by atoms with Gasteiger partial charge in [-0.2, -0.15) is 8.78 Å². The number of nitrogens with one attached hydrogen (secondary N) is 1. The highest BCUT2D eigenvalue weighted by atomic mass is 19.3. The van der Waals surface area contributed by atoms with E-state index in [1.807, 2.05) is 19.1 Å². The third-order valence-corrected chi connectivity index (χ3v) is 4.53. The van der Waals surface area contributed by atoms with Crippen LogP contribution in [0.5, 0.6) is 5.75 Å². The molecule has 0 bridgehead atoms. The minimum Gasteiger partial charge on any atom is -0.434 e. The van der Waals surface area contributed by atoms with Gasteiger partial charge in [0.1, 0.15) is 5.75 Å². The van der Waals surface area contributed by atoms with E-state index in [0.29, 0.717) is 17.9 Å². The van der Waals surface area contributed by atoms with Crippen molar-refractivity contribution in [2.24, 2.45) is 11.8 Å². The monoisotopic (exact) mass is 283 g/mol. The number of rotatable bonds is 5. The van der Waals surface area contributed by atoms with Crippen molar-refractivity contribution in [2.45, 2.75) is 52.3 Å². The molecule has 2 rings (SSSR count). The smallest absolute Gasteiger partial charge is 0.387 e. The number of ether oxygens (including phenoxy) is 1. The van der Waals surface area contributed by atoms with Crippen LogP contribution in [0.3, 0.4) is 0 Å². The van der Waals surface area contributed by atoms with E-state index in [1.165, 1.54) is 6.42 Å². The molecule has 1 aromatic rings. The third kappa shape index (κ3) is 3.48. The van der Waals surface area contributed by atoms with Gasteiger partial charge in [0.25, 0.3) is 0 Å². The summed E-state index contributed by atoms with van der Waals surface area (Å²) in [6.45, 7) is 3.74. The topological polar surface area (TPSA) is 21.3 Å². The summed E-state index contributed by atoms with van der Waals surface area (Å²) < 4.78 is 29.5. The Morgan fingerprint density at radius 1 is 1.20 bits per heavy atom. The SMILES string of the molecule is CC(NC1CCC(C)C1C)c1ccccc1OC(F)F. The predicted molar refractivity (Wildman–Crippen MR) is 76.0 cm³/mol. The molecule has 4 unspecified atom stereocenters. The Balaban J connectivity index is 2.07. The zero-order valence-electron chi connectivity index (χ0n) is 12.3. The number of para-hydroxylation sites is 1. The van der Waals surface area contributed by atoms with E-state index in [-0.39, 0.29) is 11.8 Å². The van der Waals surface area contributed by atoms with Crippen molar-refractivity contribution in [3.05, 3.63) is 29.8 Å². The zero-order valence-corrected chi connectivity index (χ0v) is 12.3. The van der Waals surface area contributed by atoms with E-state index in [9.17, 15) is 8.78 Å². The average Bonchev–Trinajstić information content (AvgIpc) is 2.70. The van der Waals surface area contributed by atoms with Crippen molar-refractivity contribution in [2.75, 3.05) is 0 Å². The summed E-state index contributed by atoms with van der Waals surface area (Å²) >= 11 is 0. The van der Waals surface area contributed by atoms with Crippen LogP contribution in [0.25, 0.3) is 0 Å². The van der Waals surface area contributed by atoms with Gasteiger partial charge < -0.3 is 10.1 Å². The lowest BCUT2D eigenvalue weighted by molar-refractivity contribution is -0.0507. The molecule has 0 heterocycles. The molecule has 0 spiro atoms. The predicted octanol–water partition coefficient (Wildman–Crippen LogP) is 4.37. The second kappa shape index (κ2) is 6.53. The first-order valence-corrected chi connectivity index (χ1v) is 7.28. The van der Waals surface area contributed by atoms with Gasteiger partial charge in [0, 0.05) is 17.6 Å². The van der Waals surface area contributed by atoms with Gasteiger partial charge in [-0.1, -0.05) is 32.0 Å². The van der Waals surface area contributed by atoms with Crippen LogP contribution in [0, 0.1) is 11.8 Å². The van der Waals surface area contributed by atoms with Crippen LogP contribution in [0.15, 0.2) is 24.3 Å². The van der Waals surface area contributed by atoms with E-state index < -0.39 is 6.61 Å². The average molecular weight is 283 g/mol. The Morgan fingerprint density at radius 2 is 1.90 bits per heavy atom. The summed E-state index contributed by atoms with van der Waals surface area (Å²) in [5, 5.41) is 3.56. The molecule has 112 valence electrons. The molecular formula is C16H23F2NO. The van der Waals surface area contributed by atoms with E-state index in [1.54, 1.807) is 12.1 Å².